The number of aromatic nitrogens is 1. The van der Waals surface area contributed by atoms with Gasteiger partial charge < -0.3 is 24.6 Å². The molecule has 1 aromatic carbocycles. The van der Waals surface area contributed by atoms with E-state index in [1.54, 1.807) is 13.8 Å². The quantitative estimate of drug-likeness (QED) is 0.668. The number of rotatable bonds is 8. The molecule has 0 spiro atoms. The lowest BCUT2D eigenvalue weighted by Gasteiger charge is -2.23. The lowest BCUT2D eigenvalue weighted by molar-refractivity contribution is -0.154. The first-order valence-electron chi connectivity index (χ1n) is 8.78. The topological polar surface area (TPSA) is 107 Å². The monoisotopic (exact) mass is 388 g/mol. The highest BCUT2D eigenvalue weighted by Crippen LogP contribution is 2.27. The summed E-state index contributed by atoms with van der Waals surface area (Å²) in [5.41, 5.74) is -0.243. The minimum Gasteiger partial charge on any atom is -0.503 e. The van der Waals surface area contributed by atoms with Crippen molar-refractivity contribution in [1.29, 1.82) is 0 Å². The lowest BCUT2D eigenvalue weighted by atomic mass is 10.2. The molecule has 2 aromatic rings. The second-order valence-corrected chi connectivity index (χ2v) is 6.18. The predicted molar refractivity (Wildman–Crippen MR) is 101 cm³/mol. The molecule has 2 rings (SSSR count). The summed E-state index contributed by atoms with van der Waals surface area (Å²) in [6.45, 7) is 4.97. The molecule has 0 saturated heterocycles. The van der Waals surface area contributed by atoms with Gasteiger partial charge in [0.15, 0.2) is 17.2 Å². The first-order chi connectivity index (χ1) is 13.3. The summed E-state index contributed by atoms with van der Waals surface area (Å²) in [5, 5.41) is 12.4. The Labute approximate surface area is 163 Å². The Kier molecular flexibility index (Phi) is 7.20. The number of methoxy groups -OCH3 is 1. The van der Waals surface area contributed by atoms with E-state index in [4.69, 9.17) is 14.2 Å². The first kappa shape index (κ1) is 21.0. The Bertz CT molecular complexity index is 812. The number of carbonyl (C=O) groups is 2. The standard InChI is InChI=1S/C20H24N2O6/c1-12(22-19(24)17-18(23)16(26-4)10-11-21-17)20(25)28-14(3)13(2)27-15-8-6-5-7-9-15/h5-14,23H,1-4H3,(H,22,24)/t12-,13-,14+/m0/s1. The number of hydrogen-bond donors (Lipinski definition) is 2. The largest absolute Gasteiger partial charge is 0.503 e. The van der Waals surface area contributed by atoms with Crippen molar-refractivity contribution < 1.29 is 28.9 Å². The van der Waals surface area contributed by atoms with E-state index in [0.29, 0.717) is 5.75 Å². The minimum absolute atomic E-state index is 0.107. The third-order valence-electron chi connectivity index (χ3n) is 4.05. The maximum Gasteiger partial charge on any atom is 0.328 e. The van der Waals surface area contributed by atoms with Crippen molar-refractivity contribution in [3.05, 3.63) is 48.3 Å². The summed E-state index contributed by atoms with van der Waals surface area (Å²) >= 11 is 0. The SMILES string of the molecule is COc1ccnc(C(=O)N[C@@H](C)C(=O)O[C@H](C)[C@H](C)Oc2ccccc2)c1O. The fourth-order valence-corrected chi connectivity index (χ4v) is 2.28. The molecule has 0 aliphatic heterocycles. The van der Waals surface area contributed by atoms with Gasteiger partial charge in [0.2, 0.25) is 0 Å². The molecule has 8 nitrogen and oxygen atoms in total. The average Bonchev–Trinajstić information content (AvgIpc) is 2.68. The molecular formula is C20H24N2O6. The zero-order chi connectivity index (χ0) is 20.7. The van der Waals surface area contributed by atoms with Gasteiger partial charge in [-0.05, 0) is 32.9 Å². The van der Waals surface area contributed by atoms with Crippen molar-refractivity contribution in [3.8, 4) is 17.2 Å². The molecular weight excluding hydrogens is 364 g/mol. The minimum atomic E-state index is -0.953. The van der Waals surface area contributed by atoms with Crippen molar-refractivity contribution in [3.63, 3.8) is 0 Å². The van der Waals surface area contributed by atoms with Gasteiger partial charge in [-0.25, -0.2) is 9.78 Å². The smallest absolute Gasteiger partial charge is 0.328 e. The average molecular weight is 388 g/mol. The molecule has 3 atom stereocenters. The van der Waals surface area contributed by atoms with Crippen LogP contribution in [0.3, 0.4) is 0 Å². The van der Waals surface area contributed by atoms with Crippen molar-refractivity contribution in [2.45, 2.75) is 39.0 Å². The number of carbonyl (C=O) groups excluding carboxylic acids is 2. The number of benzene rings is 1. The van der Waals surface area contributed by atoms with Crippen LogP contribution in [-0.2, 0) is 9.53 Å². The lowest BCUT2D eigenvalue weighted by Crippen LogP contribution is -2.42. The number of hydrogen-bond acceptors (Lipinski definition) is 7. The van der Waals surface area contributed by atoms with Gasteiger partial charge in [0, 0.05) is 12.3 Å². The van der Waals surface area contributed by atoms with Crippen molar-refractivity contribution in [1.82, 2.24) is 10.3 Å². The summed E-state index contributed by atoms with van der Waals surface area (Å²) in [5.74, 6) is -0.982. The van der Waals surface area contributed by atoms with Crippen molar-refractivity contribution in [2.75, 3.05) is 7.11 Å². The van der Waals surface area contributed by atoms with Gasteiger partial charge in [0.1, 0.15) is 24.0 Å². The van der Waals surface area contributed by atoms with Crippen molar-refractivity contribution >= 4 is 11.9 Å². The van der Waals surface area contributed by atoms with E-state index in [1.165, 1.54) is 26.3 Å². The number of ether oxygens (including phenoxy) is 3. The highest BCUT2D eigenvalue weighted by atomic mass is 16.6. The third-order valence-corrected chi connectivity index (χ3v) is 4.05. The summed E-state index contributed by atoms with van der Waals surface area (Å²) in [6, 6.07) is 9.64. The predicted octanol–water partition coefficient (Wildman–Crippen LogP) is 2.31. The Hall–Kier alpha value is -3.29. The fourth-order valence-electron chi connectivity index (χ4n) is 2.28. The van der Waals surface area contributed by atoms with Crippen LogP contribution in [0.5, 0.6) is 17.2 Å². The molecule has 0 aliphatic rings. The third kappa shape index (κ3) is 5.35. The molecule has 1 heterocycles. The van der Waals surface area contributed by atoms with Crippen LogP contribution in [0.15, 0.2) is 42.6 Å². The maximum absolute atomic E-state index is 12.3. The number of nitrogens with zero attached hydrogens (tertiary/aromatic N) is 1. The molecule has 0 unspecified atom stereocenters. The zero-order valence-electron chi connectivity index (χ0n) is 16.2. The van der Waals surface area contributed by atoms with E-state index >= 15 is 0 Å². The van der Waals surface area contributed by atoms with Gasteiger partial charge in [-0.2, -0.15) is 0 Å². The maximum atomic E-state index is 12.3. The van der Waals surface area contributed by atoms with Gasteiger partial charge in [-0.3, -0.25) is 4.79 Å². The zero-order valence-corrected chi connectivity index (χ0v) is 16.2. The van der Waals surface area contributed by atoms with Crippen LogP contribution in [-0.4, -0.2) is 47.3 Å². The van der Waals surface area contributed by atoms with E-state index in [9.17, 15) is 14.7 Å². The number of para-hydroxylation sites is 1. The summed E-state index contributed by atoms with van der Waals surface area (Å²) in [7, 11) is 1.36. The van der Waals surface area contributed by atoms with Crippen LogP contribution in [0.25, 0.3) is 0 Å². The number of amides is 1. The molecule has 28 heavy (non-hydrogen) atoms. The van der Waals surface area contributed by atoms with Crippen LogP contribution in [0.2, 0.25) is 0 Å². The van der Waals surface area contributed by atoms with Gasteiger partial charge in [0.05, 0.1) is 7.11 Å². The summed E-state index contributed by atoms with van der Waals surface area (Å²) in [6.07, 6.45) is 0.384. The first-order valence-corrected chi connectivity index (χ1v) is 8.78. The van der Waals surface area contributed by atoms with Crippen LogP contribution < -0.4 is 14.8 Å². The highest BCUT2D eigenvalue weighted by molar-refractivity contribution is 5.97. The Balaban J connectivity index is 1.92. The second-order valence-electron chi connectivity index (χ2n) is 6.18. The number of pyridine rings is 1. The Morgan fingerprint density at radius 2 is 1.75 bits per heavy atom. The van der Waals surface area contributed by atoms with Crippen LogP contribution >= 0.6 is 0 Å². The molecule has 1 amide bonds. The Morgan fingerprint density at radius 3 is 2.39 bits per heavy atom. The van der Waals surface area contributed by atoms with Crippen LogP contribution in [0.1, 0.15) is 31.3 Å². The van der Waals surface area contributed by atoms with E-state index < -0.39 is 35.9 Å². The number of esters is 1. The molecule has 2 N–H and O–H groups in total. The van der Waals surface area contributed by atoms with Gasteiger partial charge in [-0.1, -0.05) is 18.2 Å². The van der Waals surface area contributed by atoms with Gasteiger partial charge in [-0.15, -0.1) is 0 Å². The van der Waals surface area contributed by atoms with Crippen LogP contribution in [0.4, 0.5) is 0 Å². The van der Waals surface area contributed by atoms with E-state index in [-0.39, 0.29) is 11.4 Å². The van der Waals surface area contributed by atoms with Gasteiger partial charge in [0.25, 0.3) is 5.91 Å². The molecule has 0 aliphatic carbocycles. The molecule has 150 valence electrons. The number of aromatic hydroxyl groups is 1. The second kappa shape index (κ2) is 9.59. The van der Waals surface area contributed by atoms with E-state index in [1.807, 2.05) is 30.3 Å². The Morgan fingerprint density at radius 1 is 1.07 bits per heavy atom. The van der Waals surface area contributed by atoms with Crippen molar-refractivity contribution in [2.24, 2.45) is 0 Å². The van der Waals surface area contributed by atoms with Crippen LogP contribution in [0, 0.1) is 0 Å². The fraction of sp³-hybridized carbons (Fsp3) is 0.350. The normalized spacial score (nSPS) is 13.7. The van der Waals surface area contributed by atoms with Gasteiger partial charge >= 0.3 is 5.97 Å². The molecule has 0 fully saturated rings. The molecule has 0 bridgehead atoms. The number of nitrogens with one attached hydrogen (secondary N) is 1. The molecule has 8 heteroatoms. The van der Waals surface area contributed by atoms with E-state index in [2.05, 4.69) is 10.3 Å². The highest BCUT2D eigenvalue weighted by Gasteiger charge is 2.25. The molecule has 0 radical (unpaired) electrons. The summed E-state index contributed by atoms with van der Waals surface area (Å²) in [4.78, 5) is 28.4. The molecule has 0 saturated carbocycles. The molecule has 1 aromatic heterocycles. The van der Waals surface area contributed by atoms with E-state index in [0.717, 1.165) is 0 Å². The summed E-state index contributed by atoms with van der Waals surface area (Å²) < 4.78 is 16.0.